The lowest BCUT2D eigenvalue weighted by Crippen LogP contribution is -2.41. The molecule has 3 rings (SSSR count). The number of aromatic amines is 1. The smallest absolute Gasteiger partial charge is 0.333 e. The summed E-state index contributed by atoms with van der Waals surface area (Å²) >= 11 is 0. The van der Waals surface area contributed by atoms with Gasteiger partial charge in [-0.3, -0.25) is 24.2 Å². The number of benzene rings is 1. The maximum absolute atomic E-state index is 12.8. The van der Waals surface area contributed by atoms with Gasteiger partial charge in [0.05, 0.1) is 30.1 Å². The van der Waals surface area contributed by atoms with Crippen LogP contribution < -0.4 is 21.7 Å². The number of carbonyl (C=O) groups is 4. The monoisotopic (exact) mass is 551 g/mol. The Hall–Kier alpha value is -5.60. The van der Waals surface area contributed by atoms with Gasteiger partial charge >= 0.3 is 17.9 Å². The van der Waals surface area contributed by atoms with Gasteiger partial charge in [-0.15, -0.1) is 0 Å². The number of fused-ring (bicyclic) bond motifs is 1. The first-order valence-electron chi connectivity index (χ1n) is 11.6. The van der Waals surface area contributed by atoms with E-state index in [-0.39, 0.29) is 47.8 Å². The predicted octanol–water partition coefficient (Wildman–Crippen LogP) is 1.03. The standard InChI is InChI=1S/C25H25N7O8/c1-4-38-19(34)11-10-18(24(37)39-5-2)29-22(35)15-6-8-17(9-7-15)32(40-14(3)33)13-16-12-27-21-20(28-16)23(36)31-25(26)30-21/h4-9,12,18H,1-2,10-11,13H2,3H3,(H,29,35)(H3,26,27,30,31,36)/t18-/m0/s1. The normalized spacial score (nSPS) is 11.1. The molecule has 3 aromatic rings. The Morgan fingerprint density at radius 2 is 1.82 bits per heavy atom. The quantitative estimate of drug-likeness (QED) is 0.163. The van der Waals surface area contributed by atoms with Gasteiger partial charge in [-0.2, -0.15) is 4.98 Å². The largest absolute Gasteiger partial charge is 0.435 e. The van der Waals surface area contributed by atoms with Gasteiger partial charge < -0.3 is 25.4 Å². The highest BCUT2D eigenvalue weighted by atomic mass is 16.7. The fourth-order valence-electron chi connectivity index (χ4n) is 3.37. The van der Waals surface area contributed by atoms with Gasteiger partial charge in [0.15, 0.2) is 11.2 Å². The molecular formula is C25H25N7O8. The summed E-state index contributed by atoms with van der Waals surface area (Å²) in [6.45, 7) is 7.69. The number of nitrogens with two attached hydrogens (primary N) is 1. The van der Waals surface area contributed by atoms with Gasteiger partial charge in [-0.05, 0) is 30.7 Å². The van der Waals surface area contributed by atoms with Crippen LogP contribution in [0.3, 0.4) is 0 Å². The van der Waals surface area contributed by atoms with E-state index < -0.39 is 35.4 Å². The third-order valence-corrected chi connectivity index (χ3v) is 5.09. The number of nitrogens with one attached hydrogen (secondary N) is 2. The summed E-state index contributed by atoms with van der Waals surface area (Å²) in [6, 6.07) is 4.65. The lowest BCUT2D eigenvalue weighted by atomic mass is 10.1. The van der Waals surface area contributed by atoms with Crippen LogP contribution in [-0.4, -0.2) is 49.8 Å². The molecule has 15 heteroatoms. The fraction of sp³-hybridized carbons (Fsp3) is 0.200. The molecule has 208 valence electrons. The maximum atomic E-state index is 12.8. The second-order valence-electron chi connectivity index (χ2n) is 7.98. The highest BCUT2D eigenvalue weighted by molar-refractivity contribution is 5.97. The molecule has 0 bridgehead atoms. The minimum Gasteiger partial charge on any atom is -0.435 e. The lowest BCUT2D eigenvalue weighted by Gasteiger charge is -2.22. The Balaban J connectivity index is 1.77. The van der Waals surface area contributed by atoms with Gasteiger partial charge in [0.1, 0.15) is 12.6 Å². The zero-order chi connectivity index (χ0) is 29.2. The zero-order valence-corrected chi connectivity index (χ0v) is 21.3. The molecule has 0 unspecified atom stereocenters. The summed E-state index contributed by atoms with van der Waals surface area (Å²) in [5, 5.41) is 3.69. The topological polar surface area (TPSA) is 209 Å². The third kappa shape index (κ3) is 7.70. The van der Waals surface area contributed by atoms with E-state index in [0.29, 0.717) is 5.69 Å². The number of rotatable bonds is 12. The van der Waals surface area contributed by atoms with Crippen molar-refractivity contribution in [2.75, 3.05) is 10.8 Å². The number of carbonyl (C=O) groups excluding carboxylic acids is 4. The Morgan fingerprint density at radius 1 is 1.12 bits per heavy atom. The van der Waals surface area contributed by atoms with Crippen molar-refractivity contribution in [1.29, 1.82) is 0 Å². The SMILES string of the molecule is C=COC(=O)CC[C@H](NC(=O)c1ccc(N(Cc2cnc3nc(N)[nH]c(=O)c3n2)OC(C)=O)cc1)C(=O)OC=C. The number of hydroxylamine groups is 1. The average Bonchev–Trinajstić information content (AvgIpc) is 2.91. The fourth-order valence-corrected chi connectivity index (χ4v) is 3.37. The van der Waals surface area contributed by atoms with E-state index >= 15 is 0 Å². The van der Waals surface area contributed by atoms with E-state index in [1.54, 1.807) is 0 Å². The highest BCUT2D eigenvalue weighted by Gasteiger charge is 2.24. The van der Waals surface area contributed by atoms with Gasteiger partial charge in [0.25, 0.3) is 11.5 Å². The molecule has 1 amide bonds. The lowest BCUT2D eigenvalue weighted by molar-refractivity contribution is -0.143. The predicted molar refractivity (Wildman–Crippen MR) is 140 cm³/mol. The molecule has 0 radical (unpaired) electrons. The number of hydrogen-bond donors (Lipinski definition) is 3. The van der Waals surface area contributed by atoms with E-state index in [1.807, 2.05) is 0 Å². The van der Waals surface area contributed by atoms with Crippen molar-refractivity contribution in [3.05, 3.63) is 77.8 Å². The summed E-state index contributed by atoms with van der Waals surface area (Å²) in [5.41, 5.74) is 5.71. The molecule has 0 aliphatic rings. The molecule has 0 saturated heterocycles. The van der Waals surface area contributed by atoms with Gasteiger partial charge in [-0.1, -0.05) is 13.2 Å². The first-order chi connectivity index (χ1) is 19.1. The second-order valence-corrected chi connectivity index (χ2v) is 7.98. The molecule has 40 heavy (non-hydrogen) atoms. The summed E-state index contributed by atoms with van der Waals surface area (Å²) < 4.78 is 9.38. The molecule has 4 N–H and O–H groups in total. The number of ether oxygens (including phenoxy) is 2. The van der Waals surface area contributed by atoms with Crippen molar-refractivity contribution in [3.8, 4) is 0 Å². The number of H-pyrrole nitrogens is 1. The molecular weight excluding hydrogens is 526 g/mol. The van der Waals surface area contributed by atoms with E-state index in [1.165, 1.54) is 42.4 Å². The second kappa shape index (κ2) is 13.3. The summed E-state index contributed by atoms with van der Waals surface area (Å²) in [5.74, 6) is -2.84. The first-order valence-corrected chi connectivity index (χ1v) is 11.6. The van der Waals surface area contributed by atoms with Crippen LogP contribution in [0, 0.1) is 0 Å². The van der Waals surface area contributed by atoms with Crippen LogP contribution in [0.25, 0.3) is 11.2 Å². The van der Waals surface area contributed by atoms with Crippen molar-refractivity contribution in [1.82, 2.24) is 25.3 Å². The van der Waals surface area contributed by atoms with E-state index in [0.717, 1.165) is 12.5 Å². The van der Waals surface area contributed by atoms with Crippen LogP contribution >= 0.6 is 0 Å². The third-order valence-electron chi connectivity index (χ3n) is 5.09. The molecule has 15 nitrogen and oxygen atoms in total. The van der Waals surface area contributed by atoms with Crippen LogP contribution in [0.2, 0.25) is 0 Å². The van der Waals surface area contributed by atoms with Crippen LogP contribution in [0.15, 0.2) is 60.9 Å². The first kappa shape index (κ1) is 29.0. The molecule has 0 spiro atoms. The number of nitrogens with zero attached hydrogens (tertiary/aromatic N) is 4. The molecule has 2 heterocycles. The molecule has 2 aromatic heterocycles. The summed E-state index contributed by atoms with van der Waals surface area (Å²) in [6.07, 6.45) is 2.93. The molecule has 0 aliphatic carbocycles. The molecule has 0 saturated carbocycles. The summed E-state index contributed by atoms with van der Waals surface area (Å²) in [7, 11) is 0. The molecule has 0 fully saturated rings. The van der Waals surface area contributed by atoms with Crippen LogP contribution in [0.4, 0.5) is 11.6 Å². The van der Waals surface area contributed by atoms with Gasteiger partial charge in [0, 0.05) is 18.9 Å². The average molecular weight is 552 g/mol. The summed E-state index contributed by atoms with van der Waals surface area (Å²) in [4.78, 5) is 80.5. The van der Waals surface area contributed by atoms with Gasteiger partial charge in [0.2, 0.25) is 5.95 Å². The number of aromatic nitrogens is 4. The Kier molecular flexibility index (Phi) is 9.61. The van der Waals surface area contributed by atoms with Crippen molar-refractivity contribution in [2.45, 2.75) is 32.4 Å². The van der Waals surface area contributed by atoms with Crippen molar-refractivity contribution in [2.24, 2.45) is 0 Å². The Bertz CT molecular complexity index is 1500. The van der Waals surface area contributed by atoms with Crippen molar-refractivity contribution < 1.29 is 33.5 Å². The Morgan fingerprint density at radius 3 is 2.48 bits per heavy atom. The van der Waals surface area contributed by atoms with Gasteiger partial charge in [-0.25, -0.2) is 19.8 Å². The minimum atomic E-state index is -1.17. The van der Waals surface area contributed by atoms with E-state index in [9.17, 15) is 24.0 Å². The van der Waals surface area contributed by atoms with E-state index in [4.69, 9.17) is 15.3 Å². The molecule has 1 aromatic carbocycles. The number of esters is 2. The van der Waals surface area contributed by atoms with Crippen LogP contribution in [0.1, 0.15) is 35.8 Å². The number of amides is 1. The number of anilines is 2. The maximum Gasteiger partial charge on any atom is 0.333 e. The van der Waals surface area contributed by atoms with E-state index in [2.05, 4.69) is 43.1 Å². The number of hydrogen-bond acceptors (Lipinski definition) is 13. The number of nitrogen functional groups attached to an aromatic ring is 1. The molecule has 0 aliphatic heterocycles. The van der Waals surface area contributed by atoms with Crippen LogP contribution in [0.5, 0.6) is 0 Å². The van der Waals surface area contributed by atoms with Crippen LogP contribution in [-0.2, 0) is 35.2 Å². The molecule has 1 atom stereocenters. The van der Waals surface area contributed by atoms with Crippen molar-refractivity contribution >= 4 is 46.6 Å². The minimum absolute atomic E-state index is 0.0484. The highest BCUT2D eigenvalue weighted by Crippen LogP contribution is 2.19. The zero-order valence-electron chi connectivity index (χ0n) is 21.3. The Labute approximate surface area is 226 Å². The van der Waals surface area contributed by atoms with Crippen molar-refractivity contribution in [3.63, 3.8) is 0 Å².